The Morgan fingerprint density at radius 2 is 1.91 bits per heavy atom. The highest BCUT2D eigenvalue weighted by Crippen LogP contribution is 2.18. The summed E-state index contributed by atoms with van der Waals surface area (Å²) in [7, 11) is 0. The first-order valence-electron chi connectivity index (χ1n) is 8.15. The summed E-state index contributed by atoms with van der Waals surface area (Å²) < 4.78 is 0. The fourth-order valence-corrected chi connectivity index (χ4v) is 2.86. The largest absolute Gasteiger partial charge is 0.396 e. The van der Waals surface area contributed by atoms with Gasteiger partial charge in [-0.05, 0) is 18.5 Å². The SMILES string of the molecule is CCN1CCN(C(=O)NCC(CCO)c2ccccc2)CC1. The Labute approximate surface area is 132 Å². The lowest BCUT2D eigenvalue weighted by molar-refractivity contribution is 0.142. The molecule has 1 aromatic rings. The van der Waals surface area contributed by atoms with Crippen molar-refractivity contribution in [3.05, 3.63) is 35.9 Å². The number of benzene rings is 1. The Morgan fingerprint density at radius 3 is 2.50 bits per heavy atom. The Hall–Kier alpha value is -1.59. The summed E-state index contributed by atoms with van der Waals surface area (Å²) in [5.74, 6) is 0.159. The van der Waals surface area contributed by atoms with Crippen LogP contribution in [0.3, 0.4) is 0 Å². The van der Waals surface area contributed by atoms with Crippen LogP contribution in [0.2, 0.25) is 0 Å². The number of carbonyl (C=O) groups excluding carboxylic acids is 1. The van der Waals surface area contributed by atoms with Crippen molar-refractivity contribution in [1.82, 2.24) is 15.1 Å². The lowest BCUT2D eigenvalue weighted by Crippen LogP contribution is -2.52. The minimum atomic E-state index is 0.00891. The molecule has 1 fully saturated rings. The fourth-order valence-electron chi connectivity index (χ4n) is 2.86. The van der Waals surface area contributed by atoms with E-state index in [0.29, 0.717) is 13.0 Å². The van der Waals surface area contributed by atoms with E-state index in [1.807, 2.05) is 35.2 Å². The molecule has 1 atom stereocenters. The minimum Gasteiger partial charge on any atom is -0.396 e. The quantitative estimate of drug-likeness (QED) is 0.837. The Balaban J connectivity index is 1.83. The van der Waals surface area contributed by atoms with Crippen LogP contribution in [-0.4, -0.2) is 66.8 Å². The van der Waals surface area contributed by atoms with Gasteiger partial charge in [-0.3, -0.25) is 0 Å². The molecular formula is C17H27N3O2. The maximum atomic E-state index is 12.3. The van der Waals surface area contributed by atoms with Gasteiger partial charge in [0.15, 0.2) is 0 Å². The number of hydrogen-bond acceptors (Lipinski definition) is 3. The molecule has 1 unspecified atom stereocenters. The van der Waals surface area contributed by atoms with Gasteiger partial charge in [-0.2, -0.15) is 0 Å². The van der Waals surface area contributed by atoms with Crippen LogP contribution in [0, 0.1) is 0 Å². The standard InChI is InChI=1S/C17H27N3O2/c1-2-19-9-11-20(12-10-19)17(22)18-14-16(8-13-21)15-6-4-3-5-7-15/h3-7,16,21H,2,8-14H2,1H3,(H,18,22). The lowest BCUT2D eigenvalue weighted by atomic mass is 9.96. The highest BCUT2D eigenvalue weighted by molar-refractivity contribution is 5.74. The molecule has 1 aliphatic heterocycles. The van der Waals surface area contributed by atoms with E-state index in [-0.39, 0.29) is 18.6 Å². The van der Waals surface area contributed by atoms with E-state index in [9.17, 15) is 9.90 Å². The van der Waals surface area contributed by atoms with Crippen LogP contribution in [0.5, 0.6) is 0 Å². The number of nitrogens with one attached hydrogen (secondary N) is 1. The number of piperazine rings is 1. The minimum absolute atomic E-state index is 0.00891. The van der Waals surface area contributed by atoms with E-state index in [1.165, 1.54) is 0 Å². The molecule has 1 heterocycles. The third kappa shape index (κ3) is 4.71. The van der Waals surface area contributed by atoms with Crippen LogP contribution in [-0.2, 0) is 0 Å². The molecule has 0 saturated carbocycles. The second kappa shape index (κ2) is 8.76. The van der Waals surface area contributed by atoms with Crippen LogP contribution in [0.15, 0.2) is 30.3 Å². The number of hydrogen-bond donors (Lipinski definition) is 2. The average Bonchev–Trinajstić information content (AvgIpc) is 2.59. The Bertz CT molecular complexity index is 444. The van der Waals surface area contributed by atoms with Gasteiger partial charge in [-0.15, -0.1) is 0 Å². The molecule has 22 heavy (non-hydrogen) atoms. The first-order chi connectivity index (χ1) is 10.7. The van der Waals surface area contributed by atoms with Crippen molar-refractivity contribution in [1.29, 1.82) is 0 Å². The fraction of sp³-hybridized carbons (Fsp3) is 0.588. The predicted octanol–water partition coefficient (Wildman–Crippen LogP) is 1.50. The third-order valence-electron chi connectivity index (χ3n) is 4.35. The molecule has 2 rings (SSSR count). The number of aliphatic hydroxyl groups excluding tert-OH is 1. The molecule has 0 aliphatic carbocycles. The third-order valence-corrected chi connectivity index (χ3v) is 4.35. The van der Waals surface area contributed by atoms with Crippen LogP contribution in [0.25, 0.3) is 0 Å². The molecule has 0 aromatic heterocycles. The van der Waals surface area contributed by atoms with Gasteiger partial charge in [0.1, 0.15) is 0 Å². The summed E-state index contributed by atoms with van der Waals surface area (Å²) in [6.45, 7) is 7.36. The van der Waals surface area contributed by atoms with Gasteiger partial charge in [-0.1, -0.05) is 37.3 Å². The molecule has 5 nitrogen and oxygen atoms in total. The Kier molecular flexibility index (Phi) is 6.68. The van der Waals surface area contributed by atoms with E-state index in [4.69, 9.17) is 0 Å². The van der Waals surface area contributed by atoms with E-state index in [1.54, 1.807) is 0 Å². The summed E-state index contributed by atoms with van der Waals surface area (Å²) >= 11 is 0. The van der Waals surface area contributed by atoms with Gasteiger partial charge < -0.3 is 20.2 Å². The maximum absolute atomic E-state index is 12.3. The topological polar surface area (TPSA) is 55.8 Å². The van der Waals surface area contributed by atoms with Crippen LogP contribution >= 0.6 is 0 Å². The van der Waals surface area contributed by atoms with Crippen molar-refractivity contribution in [2.75, 3.05) is 45.9 Å². The van der Waals surface area contributed by atoms with E-state index >= 15 is 0 Å². The van der Waals surface area contributed by atoms with Crippen molar-refractivity contribution >= 4 is 6.03 Å². The summed E-state index contributed by atoms with van der Waals surface area (Å²) in [5, 5.41) is 12.3. The molecular weight excluding hydrogens is 278 g/mol. The molecule has 1 aliphatic rings. The molecule has 1 aromatic carbocycles. The zero-order valence-corrected chi connectivity index (χ0v) is 13.4. The van der Waals surface area contributed by atoms with Gasteiger partial charge in [0.05, 0.1) is 0 Å². The number of aliphatic hydroxyl groups is 1. The van der Waals surface area contributed by atoms with Gasteiger partial charge >= 0.3 is 6.03 Å². The van der Waals surface area contributed by atoms with Crippen LogP contribution < -0.4 is 5.32 Å². The van der Waals surface area contributed by atoms with Crippen molar-refractivity contribution in [2.24, 2.45) is 0 Å². The van der Waals surface area contributed by atoms with E-state index in [2.05, 4.69) is 17.1 Å². The molecule has 0 bridgehead atoms. The molecule has 0 spiro atoms. The first-order valence-corrected chi connectivity index (χ1v) is 8.15. The summed E-state index contributed by atoms with van der Waals surface area (Å²) in [6, 6.07) is 10.1. The number of carbonyl (C=O) groups is 1. The number of likely N-dealkylation sites (N-methyl/N-ethyl adjacent to an activating group) is 1. The zero-order valence-electron chi connectivity index (χ0n) is 13.4. The van der Waals surface area contributed by atoms with Gasteiger partial charge in [0.2, 0.25) is 0 Å². The van der Waals surface area contributed by atoms with Gasteiger partial charge in [-0.25, -0.2) is 4.79 Å². The highest BCUT2D eigenvalue weighted by Gasteiger charge is 2.21. The predicted molar refractivity (Wildman–Crippen MR) is 88.0 cm³/mol. The smallest absolute Gasteiger partial charge is 0.317 e. The molecule has 2 N–H and O–H groups in total. The summed E-state index contributed by atoms with van der Waals surface area (Å²) in [5.41, 5.74) is 1.16. The maximum Gasteiger partial charge on any atom is 0.317 e. The van der Waals surface area contributed by atoms with Crippen molar-refractivity contribution in [3.63, 3.8) is 0 Å². The Morgan fingerprint density at radius 1 is 1.23 bits per heavy atom. The number of urea groups is 1. The lowest BCUT2D eigenvalue weighted by Gasteiger charge is -2.34. The summed E-state index contributed by atoms with van der Waals surface area (Å²) in [6.07, 6.45) is 0.661. The van der Waals surface area contributed by atoms with Crippen molar-refractivity contribution in [2.45, 2.75) is 19.3 Å². The molecule has 5 heteroatoms. The number of nitrogens with zero attached hydrogens (tertiary/aromatic N) is 2. The normalized spacial score (nSPS) is 17.3. The van der Waals surface area contributed by atoms with Gasteiger partial charge in [0, 0.05) is 45.2 Å². The van der Waals surface area contributed by atoms with Crippen LogP contribution in [0.1, 0.15) is 24.8 Å². The van der Waals surface area contributed by atoms with Crippen molar-refractivity contribution < 1.29 is 9.90 Å². The highest BCUT2D eigenvalue weighted by atomic mass is 16.3. The van der Waals surface area contributed by atoms with Crippen LogP contribution in [0.4, 0.5) is 4.79 Å². The number of amides is 2. The van der Waals surface area contributed by atoms with E-state index < -0.39 is 0 Å². The first kappa shape index (κ1) is 16.8. The molecule has 122 valence electrons. The number of rotatable bonds is 6. The second-order valence-corrected chi connectivity index (χ2v) is 5.73. The average molecular weight is 305 g/mol. The molecule has 0 radical (unpaired) electrons. The summed E-state index contributed by atoms with van der Waals surface area (Å²) in [4.78, 5) is 16.5. The van der Waals surface area contributed by atoms with E-state index in [0.717, 1.165) is 38.3 Å². The zero-order chi connectivity index (χ0) is 15.8. The monoisotopic (exact) mass is 305 g/mol. The van der Waals surface area contributed by atoms with Crippen molar-refractivity contribution in [3.8, 4) is 0 Å². The molecule has 1 saturated heterocycles. The van der Waals surface area contributed by atoms with Gasteiger partial charge in [0.25, 0.3) is 0 Å². The second-order valence-electron chi connectivity index (χ2n) is 5.73. The molecule has 2 amide bonds.